The molecule has 2 heterocycles. The summed E-state index contributed by atoms with van der Waals surface area (Å²) in [4.78, 5) is 4.22. The van der Waals surface area contributed by atoms with E-state index in [0.29, 0.717) is 5.15 Å². The number of imidazole rings is 1. The number of hydrogen-bond acceptors (Lipinski definition) is 6. The van der Waals surface area contributed by atoms with Crippen molar-refractivity contribution in [3.05, 3.63) is 17.2 Å². The van der Waals surface area contributed by atoms with Crippen molar-refractivity contribution in [2.75, 3.05) is 6.26 Å². The summed E-state index contributed by atoms with van der Waals surface area (Å²) in [6.45, 7) is 0. The van der Waals surface area contributed by atoms with Crippen LogP contribution in [0.15, 0.2) is 14.9 Å². The van der Waals surface area contributed by atoms with Gasteiger partial charge in [0.05, 0.1) is 11.9 Å². The van der Waals surface area contributed by atoms with E-state index in [2.05, 4.69) is 15.2 Å². The van der Waals surface area contributed by atoms with E-state index < -0.39 is 0 Å². The maximum absolute atomic E-state index is 5.90. The van der Waals surface area contributed by atoms with E-state index in [4.69, 9.17) is 11.6 Å². The van der Waals surface area contributed by atoms with E-state index in [1.807, 2.05) is 17.9 Å². The monoisotopic (exact) mass is 292 g/mol. The predicted octanol–water partition coefficient (Wildman–Crippen LogP) is 2.94. The second-order valence-electron chi connectivity index (χ2n) is 2.88. The Balaban J connectivity index is 1.99. The molecule has 2 rings (SSSR count). The zero-order chi connectivity index (χ0) is 11.5. The van der Waals surface area contributed by atoms with Gasteiger partial charge >= 0.3 is 0 Å². The van der Waals surface area contributed by atoms with Crippen molar-refractivity contribution >= 4 is 46.5 Å². The van der Waals surface area contributed by atoms with Gasteiger partial charge < -0.3 is 4.57 Å². The van der Waals surface area contributed by atoms with Gasteiger partial charge in [0.25, 0.3) is 0 Å². The van der Waals surface area contributed by atoms with Crippen LogP contribution in [0.2, 0.25) is 5.15 Å². The third-order valence-electron chi connectivity index (χ3n) is 1.91. The minimum atomic E-state index is 0.651. The van der Waals surface area contributed by atoms with E-state index in [-0.39, 0.29) is 0 Å². The first-order valence-electron chi connectivity index (χ1n) is 4.37. The normalized spacial score (nSPS) is 10.9. The van der Waals surface area contributed by atoms with Crippen LogP contribution in [0.4, 0.5) is 0 Å². The molecule has 0 fully saturated rings. The Morgan fingerprint density at radius 1 is 1.44 bits per heavy atom. The van der Waals surface area contributed by atoms with Crippen LogP contribution >= 0.6 is 46.5 Å². The molecule has 16 heavy (non-hydrogen) atoms. The Kier molecular flexibility index (Phi) is 4.12. The Labute approximate surface area is 111 Å². The summed E-state index contributed by atoms with van der Waals surface area (Å²) in [7, 11) is 1.90. The molecular weight excluding hydrogens is 284 g/mol. The molecule has 0 unspecified atom stereocenters. The molecule has 0 aliphatic carbocycles. The summed E-state index contributed by atoms with van der Waals surface area (Å²) in [5.74, 6) is 1.70. The molecule has 0 aliphatic heterocycles. The number of rotatable bonds is 4. The van der Waals surface area contributed by atoms with Gasteiger partial charge in [-0.2, -0.15) is 0 Å². The highest BCUT2D eigenvalue weighted by Gasteiger charge is 2.08. The second-order valence-corrected chi connectivity index (χ2v) is 6.52. The minimum Gasteiger partial charge on any atom is -0.322 e. The Morgan fingerprint density at radius 2 is 2.19 bits per heavy atom. The summed E-state index contributed by atoms with van der Waals surface area (Å²) in [5.41, 5.74) is 0. The number of aromatic nitrogens is 4. The average molecular weight is 293 g/mol. The molecule has 2 aromatic rings. The molecule has 0 spiro atoms. The van der Waals surface area contributed by atoms with Crippen LogP contribution < -0.4 is 0 Å². The van der Waals surface area contributed by atoms with E-state index in [0.717, 1.165) is 20.3 Å². The summed E-state index contributed by atoms with van der Waals surface area (Å²) < 4.78 is 3.81. The summed E-state index contributed by atoms with van der Waals surface area (Å²) in [6, 6.07) is 0. The zero-order valence-electron chi connectivity index (χ0n) is 8.68. The van der Waals surface area contributed by atoms with Crippen LogP contribution in [0.5, 0.6) is 0 Å². The topological polar surface area (TPSA) is 43.6 Å². The van der Waals surface area contributed by atoms with Gasteiger partial charge in [0.1, 0.15) is 11.0 Å². The highest BCUT2D eigenvalue weighted by Crippen LogP contribution is 2.29. The quantitative estimate of drug-likeness (QED) is 0.811. The largest absolute Gasteiger partial charge is 0.322 e. The smallest absolute Gasteiger partial charge is 0.175 e. The van der Waals surface area contributed by atoms with E-state index >= 15 is 0 Å². The molecule has 0 aromatic carbocycles. The molecule has 2 aromatic heterocycles. The minimum absolute atomic E-state index is 0.651. The van der Waals surface area contributed by atoms with Gasteiger partial charge in [-0.15, -0.1) is 10.2 Å². The van der Waals surface area contributed by atoms with Crippen molar-refractivity contribution in [3.63, 3.8) is 0 Å². The molecule has 8 heteroatoms. The van der Waals surface area contributed by atoms with Gasteiger partial charge in [0, 0.05) is 7.05 Å². The molecule has 86 valence electrons. The van der Waals surface area contributed by atoms with Crippen molar-refractivity contribution in [3.8, 4) is 0 Å². The first kappa shape index (κ1) is 12.2. The SMILES string of the molecule is CSc1nnc(SCc2ncc(Cl)n2C)s1. The first-order valence-corrected chi connectivity index (χ1v) is 7.77. The predicted molar refractivity (Wildman–Crippen MR) is 69.5 cm³/mol. The fourth-order valence-electron chi connectivity index (χ4n) is 1.02. The number of halogens is 1. The second kappa shape index (κ2) is 5.39. The van der Waals surface area contributed by atoms with E-state index in [1.54, 1.807) is 41.1 Å². The van der Waals surface area contributed by atoms with Crippen molar-refractivity contribution in [1.82, 2.24) is 19.7 Å². The van der Waals surface area contributed by atoms with Crippen LogP contribution in [0.1, 0.15) is 5.82 Å². The van der Waals surface area contributed by atoms with Crippen molar-refractivity contribution < 1.29 is 0 Å². The Morgan fingerprint density at radius 3 is 2.75 bits per heavy atom. The lowest BCUT2D eigenvalue weighted by Gasteiger charge is -1.99. The van der Waals surface area contributed by atoms with Crippen LogP contribution in [0.25, 0.3) is 0 Å². The highest BCUT2D eigenvalue weighted by atomic mass is 35.5. The third kappa shape index (κ3) is 2.71. The lowest BCUT2D eigenvalue weighted by atomic mass is 10.7. The molecule has 0 bridgehead atoms. The summed E-state index contributed by atoms with van der Waals surface area (Å²) in [6.07, 6.45) is 3.65. The lowest BCUT2D eigenvalue weighted by Crippen LogP contribution is -1.95. The van der Waals surface area contributed by atoms with Crippen LogP contribution in [-0.2, 0) is 12.8 Å². The molecule has 0 radical (unpaired) electrons. The molecule has 4 nitrogen and oxygen atoms in total. The van der Waals surface area contributed by atoms with Crippen molar-refractivity contribution in [2.24, 2.45) is 7.05 Å². The van der Waals surface area contributed by atoms with Gasteiger partial charge in [-0.3, -0.25) is 0 Å². The third-order valence-corrected chi connectivity index (χ3v) is 5.29. The number of nitrogens with zero attached hydrogens (tertiary/aromatic N) is 4. The molecule has 0 N–H and O–H groups in total. The summed E-state index contributed by atoms with van der Waals surface area (Å²) in [5, 5.41) is 8.76. The van der Waals surface area contributed by atoms with E-state index in [1.165, 1.54) is 0 Å². The lowest BCUT2D eigenvalue weighted by molar-refractivity contribution is 0.849. The molecular formula is C8H9ClN4S3. The summed E-state index contributed by atoms with van der Waals surface area (Å²) >= 11 is 10.7. The van der Waals surface area contributed by atoms with Gasteiger partial charge in [0.2, 0.25) is 0 Å². The first-order chi connectivity index (χ1) is 7.70. The molecule has 0 atom stereocenters. The van der Waals surface area contributed by atoms with Crippen molar-refractivity contribution in [2.45, 2.75) is 14.4 Å². The maximum Gasteiger partial charge on any atom is 0.175 e. The molecule has 0 aliphatic rings. The number of hydrogen-bond donors (Lipinski definition) is 0. The van der Waals surface area contributed by atoms with Crippen LogP contribution in [-0.4, -0.2) is 26.0 Å². The van der Waals surface area contributed by atoms with Gasteiger partial charge in [0.15, 0.2) is 8.68 Å². The standard InChI is InChI=1S/C8H9ClN4S3/c1-13-5(9)3-10-6(13)4-15-8-12-11-7(14-2)16-8/h3H,4H2,1-2H3. The maximum atomic E-state index is 5.90. The Bertz CT molecular complexity index is 481. The highest BCUT2D eigenvalue weighted by molar-refractivity contribution is 8.02. The van der Waals surface area contributed by atoms with Crippen LogP contribution in [0, 0.1) is 0 Å². The zero-order valence-corrected chi connectivity index (χ0v) is 11.9. The fourth-order valence-corrected chi connectivity index (χ4v) is 3.60. The molecule has 0 amide bonds. The van der Waals surface area contributed by atoms with Crippen LogP contribution in [0.3, 0.4) is 0 Å². The molecule has 0 saturated heterocycles. The average Bonchev–Trinajstić information content (AvgIpc) is 2.86. The van der Waals surface area contributed by atoms with Crippen molar-refractivity contribution in [1.29, 1.82) is 0 Å². The fraction of sp³-hybridized carbons (Fsp3) is 0.375. The van der Waals surface area contributed by atoms with Gasteiger partial charge in [-0.1, -0.05) is 46.5 Å². The Hall–Kier alpha value is -0.240. The van der Waals surface area contributed by atoms with Gasteiger partial charge in [-0.25, -0.2) is 4.98 Å². The van der Waals surface area contributed by atoms with E-state index in [9.17, 15) is 0 Å². The van der Waals surface area contributed by atoms with Gasteiger partial charge in [-0.05, 0) is 6.26 Å². The molecule has 0 saturated carbocycles. The number of thioether (sulfide) groups is 2.